The summed E-state index contributed by atoms with van der Waals surface area (Å²) in [4.78, 5) is 9.34. The molecule has 0 rings (SSSR count). The molecule has 6 heavy (non-hydrogen) atoms. The van der Waals surface area contributed by atoms with E-state index >= 15 is 0 Å². The van der Waals surface area contributed by atoms with Gasteiger partial charge in [0.2, 0.25) is 6.41 Å². The molecular weight excluding hydrogens is 80.0 g/mol. The Kier molecular flexibility index (Phi) is 3.35. The third kappa shape index (κ3) is 3.01. The van der Waals surface area contributed by atoms with Crippen LogP contribution in [0.1, 0.15) is 0 Å². The standard InChI is InChI=1S/C3H6N2O/c1-2-4-5-3-6/h2-4H,1H2,(H,5,6). The van der Waals surface area contributed by atoms with Gasteiger partial charge in [0.1, 0.15) is 0 Å². The molecule has 0 aromatic carbocycles. The van der Waals surface area contributed by atoms with Crippen molar-refractivity contribution in [2.75, 3.05) is 0 Å². The van der Waals surface area contributed by atoms with Gasteiger partial charge in [-0.2, -0.15) is 0 Å². The first kappa shape index (κ1) is 5.01. The zero-order chi connectivity index (χ0) is 4.83. The first-order valence-corrected chi connectivity index (χ1v) is 1.47. The van der Waals surface area contributed by atoms with Crippen molar-refractivity contribution in [2.24, 2.45) is 0 Å². The molecule has 0 aliphatic heterocycles. The van der Waals surface area contributed by atoms with Gasteiger partial charge in [-0.15, -0.1) is 0 Å². The maximum Gasteiger partial charge on any atom is 0.225 e. The number of hydrogen-bond donors (Lipinski definition) is 2. The van der Waals surface area contributed by atoms with Gasteiger partial charge in [0.15, 0.2) is 0 Å². The zero-order valence-corrected chi connectivity index (χ0v) is 3.27. The Bertz CT molecular complexity index is 44.8. The molecule has 0 aromatic heterocycles. The van der Waals surface area contributed by atoms with Crippen LogP contribution in [-0.4, -0.2) is 6.41 Å². The van der Waals surface area contributed by atoms with E-state index in [0.717, 1.165) is 0 Å². The Balaban J connectivity index is 2.66. The van der Waals surface area contributed by atoms with Crippen molar-refractivity contribution in [1.82, 2.24) is 10.9 Å². The van der Waals surface area contributed by atoms with Crippen LogP contribution in [0.4, 0.5) is 0 Å². The van der Waals surface area contributed by atoms with E-state index in [0.29, 0.717) is 6.41 Å². The number of carbonyl (C=O) groups is 1. The predicted octanol–water partition coefficient (Wildman–Crippen LogP) is -0.620. The van der Waals surface area contributed by atoms with Gasteiger partial charge < -0.3 is 5.43 Å². The van der Waals surface area contributed by atoms with E-state index in [2.05, 4.69) is 17.4 Å². The summed E-state index contributed by atoms with van der Waals surface area (Å²) in [6.07, 6.45) is 1.90. The van der Waals surface area contributed by atoms with E-state index in [1.165, 1.54) is 6.20 Å². The largest absolute Gasteiger partial charge is 0.307 e. The van der Waals surface area contributed by atoms with Gasteiger partial charge in [-0.05, 0) is 0 Å². The highest BCUT2D eigenvalue weighted by atomic mass is 16.1. The second kappa shape index (κ2) is 4.01. The normalized spacial score (nSPS) is 6.00. The molecule has 0 bridgehead atoms. The molecular formula is C3H6N2O. The van der Waals surface area contributed by atoms with Crippen LogP contribution in [-0.2, 0) is 4.79 Å². The number of nitrogens with one attached hydrogen (secondary N) is 2. The van der Waals surface area contributed by atoms with Crippen LogP contribution < -0.4 is 10.9 Å². The lowest BCUT2D eigenvalue weighted by atomic mass is 11.1. The quantitative estimate of drug-likeness (QED) is 0.273. The second-order valence-electron chi connectivity index (χ2n) is 0.611. The van der Waals surface area contributed by atoms with Crippen LogP contribution in [0.25, 0.3) is 0 Å². The van der Waals surface area contributed by atoms with Gasteiger partial charge in [0, 0.05) is 6.20 Å². The molecule has 1 amide bonds. The molecule has 34 valence electrons. The summed E-state index contributed by atoms with van der Waals surface area (Å²) in [5.74, 6) is 0. The molecule has 0 heterocycles. The zero-order valence-electron chi connectivity index (χ0n) is 3.27. The van der Waals surface area contributed by atoms with Crippen LogP contribution in [0.2, 0.25) is 0 Å². The highest BCUT2D eigenvalue weighted by Gasteiger charge is 1.58. The number of rotatable bonds is 3. The van der Waals surface area contributed by atoms with Gasteiger partial charge in [0.05, 0.1) is 0 Å². The molecule has 3 heteroatoms. The molecule has 0 saturated carbocycles. The Hall–Kier alpha value is -0.990. The molecule has 0 fully saturated rings. The first-order chi connectivity index (χ1) is 2.91. The van der Waals surface area contributed by atoms with Gasteiger partial charge in [-0.25, -0.2) is 0 Å². The fraction of sp³-hybridized carbons (Fsp3) is 0. The van der Waals surface area contributed by atoms with Crippen molar-refractivity contribution < 1.29 is 4.79 Å². The van der Waals surface area contributed by atoms with Crippen LogP contribution in [0.3, 0.4) is 0 Å². The van der Waals surface area contributed by atoms with E-state index in [9.17, 15) is 4.79 Å². The Morgan fingerprint density at radius 1 is 1.50 bits per heavy atom. The average molecular weight is 86.1 g/mol. The summed E-state index contributed by atoms with van der Waals surface area (Å²) in [6, 6.07) is 0. The predicted molar refractivity (Wildman–Crippen MR) is 22.5 cm³/mol. The molecule has 0 spiro atoms. The lowest BCUT2D eigenvalue weighted by molar-refractivity contribution is -0.110. The fourth-order valence-electron chi connectivity index (χ4n) is 0.0929. The molecule has 0 aliphatic carbocycles. The SMILES string of the molecule is C=CNNC=O. The lowest BCUT2D eigenvalue weighted by Crippen LogP contribution is -2.23. The summed E-state index contributed by atoms with van der Waals surface area (Å²) in [7, 11) is 0. The monoisotopic (exact) mass is 86.0 g/mol. The number of amides is 1. The van der Waals surface area contributed by atoms with Gasteiger partial charge in [-0.1, -0.05) is 6.58 Å². The minimum absolute atomic E-state index is 0.529. The number of hydrazine groups is 1. The fourth-order valence-corrected chi connectivity index (χ4v) is 0.0929. The third-order valence-corrected chi connectivity index (χ3v) is 0.244. The van der Waals surface area contributed by atoms with E-state index in [-0.39, 0.29) is 0 Å². The summed E-state index contributed by atoms with van der Waals surface area (Å²) < 4.78 is 0. The number of carbonyl (C=O) groups excluding carboxylic acids is 1. The molecule has 0 radical (unpaired) electrons. The Labute approximate surface area is 36.0 Å². The molecule has 3 nitrogen and oxygen atoms in total. The molecule has 0 unspecified atom stereocenters. The highest BCUT2D eigenvalue weighted by Crippen LogP contribution is 1.35. The van der Waals surface area contributed by atoms with Crippen LogP contribution in [0.15, 0.2) is 12.8 Å². The van der Waals surface area contributed by atoms with Crippen LogP contribution in [0, 0.1) is 0 Å². The summed E-state index contributed by atoms with van der Waals surface area (Å²) in [5.41, 5.74) is 4.49. The Morgan fingerprint density at radius 2 is 2.17 bits per heavy atom. The van der Waals surface area contributed by atoms with Crippen molar-refractivity contribution in [3.63, 3.8) is 0 Å². The Morgan fingerprint density at radius 3 is 2.33 bits per heavy atom. The summed E-state index contributed by atoms with van der Waals surface area (Å²) in [6.45, 7) is 3.27. The molecule has 0 atom stereocenters. The van der Waals surface area contributed by atoms with Crippen molar-refractivity contribution in [3.8, 4) is 0 Å². The summed E-state index contributed by atoms with van der Waals surface area (Å²) >= 11 is 0. The average Bonchev–Trinajstić information content (AvgIpc) is 1.61. The third-order valence-electron chi connectivity index (χ3n) is 0.244. The lowest BCUT2D eigenvalue weighted by Gasteiger charge is -1.88. The van der Waals surface area contributed by atoms with E-state index < -0.39 is 0 Å². The van der Waals surface area contributed by atoms with Crippen LogP contribution >= 0.6 is 0 Å². The van der Waals surface area contributed by atoms with E-state index in [1.54, 1.807) is 0 Å². The topological polar surface area (TPSA) is 41.1 Å². The van der Waals surface area contributed by atoms with Gasteiger partial charge >= 0.3 is 0 Å². The molecule has 2 N–H and O–H groups in total. The van der Waals surface area contributed by atoms with Crippen molar-refractivity contribution in [1.29, 1.82) is 0 Å². The molecule has 0 saturated heterocycles. The smallest absolute Gasteiger partial charge is 0.225 e. The first-order valence-electron chi connectivity index (χ1n) is 1.47. The molecule has 0 aromatic rings. The molecule has 0 aliphatic rings. The summed E-state index contributed by atoms with van der Waals surface area (Å²) in [5, 5.41) is 0. The van der Waals surface area contributed by atoms with E-state index in [4.69, 9.17) is 0 Å². The maximum absolute atomic E-state index is 9.34. The number of hydrogen-bond acceptors (Lipinski definition) is 2. The highest BCUT2D eigenvalue weighted by molar-refractivity contribution is 5.44. The van der Waals surface area contributed by atoms with Gasteiger partial charge in [0.25, 0.3) is 0 Å². The van der Waals surface area contributed by atoms with Crippen LogP contribution in [0.5, 0.6) is 0 Å². The van der Waals surface area contributed by atoms with Gasteiger partial charge in [-0.3, -0.25) is 10.2 Å². The minimum atomic E-state index is 0.529. The van der Waals surface area contributed by atoms with Crippen molar-refractivity contribution in [3.05, 3.63) is 12.8 Å². The maximum atomic E-state index is 9.34. The van der Waals surface area contributed by atoms with E-state index in [1.807, 2.05) is 0 Å². The van der Waals surface area contributed by atoms with Crippen molar-refractivity contribution >= 4 is 6.41 Å². The minimum Gasteiger partial charge on any atom is -0.307 e. The second-order valence-corrected chi connectivity index (χ2v) is 0.611. The van der Waals surface area contributed by atoms with Crippen molar-refractivity contribution in [2.45, 2.75) is 0 Å².